The summed E-state index contributed by atoms with van der Waals surface area (Å²) in [6, 6.07) is 10.7. The van der Waals surface area contributed by atoms with E-state index in [9.17, 15) is 0 Å². The van der Waals surface area contributed by atoms with Crippen LogP contribution in [0.5, 0.6) is 0 Å². The zero-order valence-electron chi connectivity index (χ0n) is 15.1. The number of aryl methyl sites for hydroxylation is 1. The Morgan fingerprint density at radius 3 is 2.67 bits per heavy atom. The summed E-state index contributed by atoms with van der Waals surface area (Å²) in [5.74, 6) is 1.93. The van der Waals surface area contributed by atoms with Gasteiger partial charge in [0, 0.05) is 17.4 Å². The van der Waals surface area contributed by atoms with Crippen LogP contribution >= 0.6 is 11.8 Å². The Balaban J connectivity index is 1.67. The molecule has 0 fully saturated rings. The largest absolute Gasteiger partial charge is 0.303 e. The Bertz CT molecular complexity index is 572. The molecule has 2 rings (SSSR count). The van der Waals surface area contributed by atoms with E-state index in [1.165, 1.54) is 31.6 Å². The van der Waals surface area contributed by atoms with Crippen molar-refractivity contribution >= 4 is 11.8 Å². The molecule has 0 saturated heterocycles. The first-order valence-corrected chi connectivity index (χ1v) is 10.2. The standard InChI is InChI=1S/C18H29N5S/c1-4-17(15-24-3)22(2)13-9-6-10-14-23-20-18(19-21-23)16-11-7-5-8-12-16/h5,7-8,11-12,17H,4,6,9-10,13-15H2,1-3H3. The fourth-order valence-corrected chi connectivity index (χ4v) is 3.64. The number of rotatable bonds is 11. The lowest BCUT2D eigenvalue weighted by molar-refractivity contribution is 0.249. The highest BCUT2D eigenvalue weighted by molar-refractivity contribution is 7.98. The summed E-state index contributed by atoms with van der Waals surface area (Å²) in [7, 11) is 2.25. The first-order chi connectivity index (χ1) is 11.7. The van der Waals surface area contributed by atoms with E-state index in [0.29, 0.717) is 11.9 Å². The van der Waals surface area contributed by atoms with Crippen molar-refractivity contribution in [3.8, 4) is 11.4 Å². The van der Waals surface area contributed by atoms with Gasteiger partial charge in [-0.15, -0.1) is 10.2 Å². The van der Waals surface area contributed by atoms with Gasteiger partial charge in [-0.3, -0.25) is 0 Å². The molecule has 6 heteroatoms. The number of hydrogen-bond donors (Lipinski definition) is 0. The van der Waals surface area contributed by atoms with E-state index in [0.717, 1.165) is 18.5 Å². The summed E-state index contributed by atoms with van der Waals surface area (Å²) in [6.45, 7) is 4.28. The molecule has 5 nitrogen and oxygen atoms in total. The fourth-order valence-electron chi connectivity index (χ4n) is 2.76. The zero-order chi connectivity index (χ0) is 17.2. The Labute approximate surface area is 149 Å². The molecule has 0 N–H and O–H groups in total. The second-order valence-electron chi connectivity index (χ2n) is 6.13. The first kappa shape index (κ1) is 18.9. The van der Waals surface area contributed by atoms with Gasteiger partial charge in [0.25, 0.3) is 0 Å². The van der Waals surface area contributed by atoms with Crippen LogP contribution in [0.15, 0.2) is 30.3 Å². The summed E-state index contributed by atoms with van der Waals surface area (Å²) >= 11 is 1.94. The monoisotopic (exact) mass is 347 g/mol. The minimum absolute atomic E-state index is 0.699. The molecule has 0 aliphatic heterocycles. The molecular weight excluding hydrogens is 318 g/mol. The average Bonchev–Trinajstić information content (AvgIpc) is 3.09. The third-order valence-electron chi connectivity index (χ3n) is 4.31. The smallest absolute Gasteiger partial charge is 0.204 e. The van der Waals surface area contributed by atoms with Gasteiger partial charge in [-0.05, 0) is 44.3 Å². The molecule has 24 heavy (non-hydrogen) atoms. The minimum Gasteiger partial charge on any atom is -0.303 e. The summed E-state index contributed by atoms with van der Waals surface area (Å²) < 4.78 is 0. The van der Waals surface area contributed by atoms with E-state index < -0.39 is 0 Å². The van der Waals surface area contributed by atoms with Gasteiger partial charge < -0.3 is 4.90 Å². The number of unbranched alkanes of at least 4 members (excludes halogenated alkanes) is 2. The van der Waals surface area contributed by atoms with E-state index in [2.05, 4.69) is 40.5 Å². The van der Waals surface area contributed by atoms with Crippen molar-refractivity contribution in [1.29, 1.82) is 0 Å². The maximum absolute atomic E-state index is 4.46. The molecule has 132 valence electrons. The van der Waals surface area contributed by atoms with E-state index in [1.807, 2.05) is 42.1 Å². The molecule has 0 aliphatic carbocycles. The van der Waals surface area contributed by atoms with Crippen molar-refractivity contribution in [2.75, 3.05) is 25.6 Å². The number of hydrogen-bond acceptors (Lipinski definition) is 5. The lowest BCUT2D eigenvalue weighted by Gasteiger charge is -2.26. The normalized spacial score (nSPS) is 12.7. The van der Waals surface area contributed by atoms with Gasteiger partial charge >= 0.3 is 0 Å². The predicted octanol–water partition coefficient (Wildman–Crippen LogP) is 3.58. The molecule has 0 bridgehead atoms. The van der Waals surface area contributed by atoms with Crippen molar-refractivity contribution < 1.29 is 0 Å². The summed E-state index contributed by atoms with van der Waals surface area (Å²) in [6.07, 6.45) is 6.93. The van der Waals surface area contributed by atoms with Crippen molar-refractivity contribution in [2.24, 2.45) is 0 Å². The maximum atomic E-state index is 4.46. The van der Waals surface area contributed by atoms with Crippen LogP contribution in [0.2, 0.25) is 0 Å². The van der Waals surface area contributed by atoms with E-state index >= 15 is 0 Å². The highest BCUT2D eigenvalue weighted by Crippen LogP contribution is 2.12. The highest BCUT2D eigenvalue weighted by Gasteiger charge is 2.11. The number of thioether (sulfide) groups is 1. The first-order valence-electron chi connectivity index (χ1n) is 8.77. The van der Waals surface area contributed by atoms with Crippen LogP contribution in [0.25, 0.3) is 11.4 Å². The third-order valence-corrected chi connectivity index (χ3v) is 5.03. The Kier molecular flexibility index (Phi) is 8.25. The molecule has 0 radical (unpaired) electrons. The Morgan fingerprint density at radius 1 is 1.17 bits per heavy atom. The van der Waals surface area contributed by atoms with Crippen LogP contribution in [0, 0.1) is 0 Å². The van der Waals surface area contributed by atoms with E-state index in [-0.39, 0.29) is 0 Å². The number of nitrogens with zero attached hydrogens (tertiary/aromatic N) is 5. The minimum atomic E-state index is 0.699. The lowest BCUT2D eigenvalue weighted by Crippen LogP contribution is -2.33. The van der Waals surface area contributed by atoms with E-state index in [1.54, 1.807) is 4.80 Å². The van der Waals surface area contributed by atoms with Gasteiger partial charge in [0.15, 0.2) is 0 Å². The van der Waals surface area contributed by atoms with Crippen LogP contribution in [0.1, 0.15) is 32.6 Å². The molecule has 1 aromatic heterocycles. The predicted molar refractivity (Wildman–Crippen MR) is 102 cm³/mol. The second-order valence-corrected chi connectivity index (χ2v) is 7.04. The van der Waals surface area contributed by atoms with Crippen molar-refractivity contribution in [1.82, 2.24) is 25.1 Å². The third kappa shape index (κ3) is 5.91. The highest BCUT2D eigenvalue weighted by atomic mass is 32.2. The van der Waals surface area contributed by atoms with Crippen molar-refractivity contribution in [2.45, 2.75) is 45.2 Å². The summed E-state index contributed by atoms with van der Waals surface area (Å²) in [5.41, 5.74) is 1.02. The average molecular weight is 348 g/mol. The zero-order valence-corrected chi connectivity index (χ0v) is 15.9. The number of aromatic nitrogens is 4. The van der Waals surface area contributed by atoms with Gasteiger partial charge in [-0.25, -0.2) is 0 Å². The van der Waals surface area contributed by atoms with Gasteiger partial charge in [-0.1, -0.05) is 43.7 Å². The molecule has 0 spiro atoms. The SMILES string of the molecule is CCC(CSC)N(C)CCCCCn1nnc(-c2ccccc2)n1. The quantitative estimate of drug-likeness (QED) is 0.581. The molecule has 1 unspecified atom stereocenters. The summed E-state index contributed by atoms with van der Waals surface area (Å²) in [4.78, 5) is 4.21. The van der Waals surface area contributed by atoms with Gasteiger partial charge in [0.05, 0.1) is 6.54 Å². The van der Waals surface area contributed by atoms with Gasteiger partial charge in [0.1, 0.15) is 0 Å². The lowest BCUT2D eigenvalue weighted by atomic mass is 10.2. The number of tetrazole rings is 1. The van der Waals surface area contributed by atoms with E-state index in [4.69, 9.17) is 0 Å². The van der Waals surface area contributed by atoms with Crippen LogP contribution in [0.3, 0.4) is 0 Å². The second kappa shape index (κ2) is 10.5. The molecule has 0 aliphatic rings. The molecule has 0 saturated carbocycles. The van der Waals surface area contributed by atoms with Crippen LogP contribution in [-0.4, -0.2) is 56.8 Å². The van der Waals surface area contributed by atoms with Gasteiger partial charge in [0.2, 0.25) is 5.82 Å². The summed E-state index contributed by atoms with van der Waals surface area (Å²) in [5, 5.41) is 12.8. The van der Waals surface area contributed by atoms with Crippen molar-refractivity contribution in [3.05, 3.63) is 30.3 Å². The molecule has 1 atom stereocenters. The van der Waals surface area contributed by atoms with Crippen LogP contribution < -0.4 is 0 Å². The maximum Gasteiger partial charge on any atom is 0.204 e. The van der Waals surface area contributed by atoms with Gasteiger partial charge in [-0.2, -0.15) is 16.6 Å². The fraction of sp³-hybridized carbons (Fsp3) is 0.611. The molecule has 1 aromatic carbocycles. The molecule has 1 heterocycles. The Hall–Kier alpha value is -1.40. The topological polar surface area (TPSA) is 46.8 Å². The van der Waals surface area contributed by atoms with Crippen LogP contribution in [0.4, 0.5) is 0 Å². The van der Waals surface area contributed by atoms with Crippen molar-refractivity contribution in [3.63, 3.8) is 0 Å². The molecule has 2 aromatic rings. The molecular formula is C18H29N5S. The number of benzene rings is 1. The Morgan fingerprint density at radius 2 is 1.96 bits per heavy atom. The van der Waals surface area contributed by atoms with Crippen LogP contribution in [-0.2, 0) is 6.54 Å². The molecule has 0 amide bonds.